The fourth-order valence-corrected chi connectivity index (χ4v) is 1.27. The van der Waals surface area contributed by atoms with E-state index in [9.17, 15) is 14.7 Å². The van der Waals surface area contributed by atoms with Gasteiger partial charge in [0.25, 0.3) is 0 Å². The number of carboxylic acids is 1. The van der Waals surface area contributed by atoms with E-state index < -0.39 is 29.4 Å². The van der Waals surface area contributed by atoms with Crippen molar-refractivity contribution in [2.24, 2.45) is 11.1 Å². The fourth-order valence-electron chi connectivity index (χ4n) is 1.27. The number of rotatable bonds is 8. The van der Waals surface area contributed by atoms with Crippen LogP contribution in [0.3, 0.4) is 0 Å². The molecule has 0 bridgehead atoms. The summed E-state index contributed by atoms with van der Waals surface area (Å²) < 4.78 is 0. The van der Waals surface area contributed by atoms with Crippen LogP contribution < -0.4 is 11.1 Å². The number of hydrogen-bond donors (Lipinski definition) is 5. The highest BCUT2D eigenvalue weighted by Crippen LogP contribution is 2.19. The highest BCUT2D eigenvalue weighted by molar-refractivity contribution is 5.86. The smallest absolute Gasteiger partial charge is 0.326 e. The maximum Gasteiger partial charge on any atom is 0.326 e. The number of hydrogen-bond acceptors (Lipinski definition) is 5. The average Bonchev–Trinajstić information content (AvgIpc) is 2.32. The molecule has 7 nitrogen and oxygen atoms in total. The molecule has 6 N–H and O–H groups in total. The summed E-state index contributed by atoms with van der Waals surface area (Å²) >= 11 is 0. The zero-order valence-corrected chi connectivity index (χ0v) is 10.7. The van der Waals surface area contributed by atoms with Crippen LogP contribution in [0.5, 0.6) is 0 Å². The molecule has 0 unspecified atom stereocenters. The second-order valence-electron chi connectivity index (χ2n) is 4.88. The number of aliphatic hydroxyl groups excluding tert-OH is 2. The van der Waals surface area contributed by atoms with Gasteiger partial charge in [-0.2, -0.15) is 0 Å². The first-order chi connectivity index (χ1) is 8.26. The van der Waals surface area contributed by atoms with Gasteiger partial charge in [-0.1, -0.05) is 13.8 Å². The molecule has 7 heteroatoms. The van der Waals surface area contributed by atoms with Crippen molar-refractivity contribution in [3.63, 3.8) is 0 Å². The molecule has 0 aliphatic heterocycles. The number of carbonyl (C=O) groups is 2. The number of aliphatic hydroxyl groups is 2. The highest BCUT2D eigenvalue weighted by atomic mass is 16.4. The van der Waals surface area contributed by atoms with Crippen LogP contribution in [0.15, 0.2) is 0 Å². The van der Waals surface area contributed by atoms with Crippen molar-refractivity contribution in [1.82, 2.24) is 5.32 Å². The van der Waals surface area contributed by atoms with Crippen LogP contribution in [0.2, 0.25) is 0 Å². The van der Waals surface area contributed by atoms with Crippen LogP contribution in [-0.2, 0) is 9.59 Å². The fraction of sp³-hybridized carbons (Fsp3) is 0.818. The Kier molecular flexibility index (Phi) is 6.82. The molecule has 0 saturated heterocycles. The van der Waals surface area contributed by atoms with E-state index in [1.807, 2.05) is 0 Å². The molecule has 0 aromatic carbocycles. The maximum absolute atomic E-state index is 11.7. The quantitative estimate of drug-likeness (QED) is 0.368. The standard InChI is InChI=1S/C11H22N2O5/c1-11(2,6-14)8(15)9(16)13-7(10(17)18)4-3-5-12/h7-8,14-15H,3-6,12H2,1-2H3,(H,13,16)(H,17,18)/t7-,8-/m0/s1. The molecule has 1 amide bonds. The van der Waals surface area contributed by atoms with Crippen molar-refractivity contribution >= 4 is 11.9 Å². The van der Waals surface area contributed by atoms with E-state index in [-0.39, 0.29) is 13.0 Å². The van der Waals surface area contributed by atoms with Crippen molar-refractivity contribution < 1.29 is 24.9 Å². The molecule has 0 rings (SSSR count). The van der Waals surface area contributed by atoms with E-state index in [4.69, 9.17) is 15.9 Å². The second kappa shape index (κ2) is 7.30. The lowest BCUT2D eigenvalue weighted by Crippen LogP contribution is -2.50. The topological polar surface area (TPSA) is 133 Å². The zero-order chi connectivity index (χ0) is 14.3. The molecule has 0 radical (unpaired) electrons. The molecule has 18 heavy (non-hydrogen) atoms. The van der Waals surface area contributed by atoms with Crippen molar-refractivity contribution in [2.45, 2.75) is 38.8 Å². The lowest BCUT2D eigenvalue weighted by atomic mass is 9.87. The molecule has 0 aromatic rings. The van der Waals surface area contributed by atoms with Crippen LogP contribution in [-0.4, -0.2) is 52.5 Å². The van der Waals surface area contributed by atoms with Gasteiger partial charge in [-0.15, -0.1) is 0 Å². The van der Waals surface area contributed by atoms with Gasteiger partial charge in [-0.25, -0.2) is 4.79 Å². The minimum Gasteiger partial charge on any atom is -0.480 e. The Bertz CT molecular complexity index is 293. The summed E-state index contributed by atoms with van der Waals surface area (Å²) in [6.45, 7) is 2.95. The third kappa shape index (κ3) is 4.99. The minimum absolute atomic E-state index is 0.198. The lowest BCUT2D eigenvalue weighted by molar-refractivity contribution is -0.146. The summed E-state index contributed by atoms with van der Waals surface area (Å²) in [7, 11) is 0. The van der Waals surface area contributed by atoms with Crippen LogP contribution in [0.1, 0.15) is 26.7 Å². The molecule has 0 aliphatic carbocycles. The van der Waals surface area contributed by atoms with Crippen LogP contribution >= 0.6 is 0 Å². The SMILES string of the molecule is CC(C)(CO)[C@@H](O)C(=O)N[C@@H](CCCN)C(=O)O. The molecule has 0 saturated carbocycles. The van der Waals surface area contributed by atoms with E-state index in [1.165, 1.54) is 13.8 Å². The summed E-state index contributed by atoms with van der Waals surface area (Å²) in [5.74, 6) is -1.98. The Morgan fingerprint density at radius 1 is 1.39 bits per heavy atom. The summed E-state index contributed by atoms with van der Waals surface area (Å²) in [6, 6.07) is -1.08. The second-order valence-corrected chi connectivity index (χ2v) is 4.88. The third-order valence-electron chi connectivity index (χ3n) is 2.71. The van der Waals surface area contributed by atoms with Crippen molar-refractivity contribution in [3.8, 4) is 0 Å². The number of nitrogens with one attached hydrogen (secondary N) is 1. The Morgan fingerprint density at radius 3 is 2.33 bits per heavy atom. The van der Waals surface area contributed by atoms with E-state index in [0.29, 0.717) is 13.0 Å². The van der Waals surface area contributed by atoms with Crippen LogP contribution in [0.4, 0.5) is 0 Å². The van der Waals surface area contributed by atoms with Crippen LogP contribution in [0, 0.1) is 5.41 Å². The number of carboxylic acid groups (broad SMARTS) is 1. The largest absolute Gasteiger partial charge is 0.480 e. The molecular formula is C11H22N2O5. The van der Waals surface area contributed by atoms with Gasteiger partial charge in [0, 0.05) is 5.41 Å². The summed E-state index contributed by atoms with van der Waals surface area (Å²) in [5.41, 5.74) is 4.24. The molecule has 0 heterocycles. The van der Waals surface area contributed by atoms with Gasteiger partial charge in [0.1, 0.15) is 12.1 Å². The van der Waals surface area contributed by atoms with Gasteiger partial charge in [0.15, 0.2) is 0 Å². The molecule has 106 valence electrons. The molecule has 0 aliphatic rings. The first-order valence-electron chi connectivity index (χ1n) is 5.78. The lowest BCUT2D eigenvalue weighted by Gasteiger charge is -2.28. The minimum atomic E-state index is -1.47. The van der Waals surface area contributed by atoms with E-state index in [1.54, 1.807) is 0 Å². The Balaban J connectivity index is 4.55. The van der Waals surface area contributed by atoms with E-state index in [0.717, 1.165) is 0 Å². The Labute approximate surface area is 106 Å². The predicted molar refractivity (Wildman–Crippen MR) is 64.7 cm³/mol. The monoisotopic (exact) mass is 262 g/mol. The molecule has 0 spiro atoms. The number of aliphatic carboxylic acids is 1. The molecular weight excluding hydrogens is 240 g/mol. The van der Waals surface area contributed by atoms with Crippen molar-refractivity contribution in [2.75, 3.05) is 13.2 Å². The first-order valence-corrected chi connectivity index (χ1v) is 5.78. The molecule has 0 aromatic heterocycles. The van der Waals surface area contributed by atoms with Gasteiger partial charge in [0.05, 0.1) is 6.61 Å². The van der Waals surface area contributed by atoms with Gasteiger partial charge >= 0.3 is 5.97 Å². The van der Waals surface area contributed by atoms with E-state index in [2.05, 4.69) is 5.32 Å². The number of nitrogens with two attached hydrogens (primary N) is 1. The number of carbonyl (C=O) groups excluding carboxylic acids is 1. The number of amides is 1. The van der Waals surface area contributed by atoms with Crippen molar-refractivity contribution in [3.05, 3.63) is 0 Å². The molecule has 2 atom stereocenters. The highest BCUT2D eigenvalue weighted by Gasteiger charge is 2.34. The zero-order valence-electron chi connectivity index (χ0n) is 10.7. The van der Waals surface area contributed by atoms with Gasteiger partial charge in [-0.05, 0) is 19.4 Å². The maximum atomic E-state index is 11.7. The summed E-state index contributed by atoms with van der Waals surface area (Å²) in [6.07, 6.45) is -0.817. The van der Waals surface area contributed by atoms with Gasteiger partial charge < -0.3 is 26.4 Å². The predicted octanol–water partition coefficient (Wildman–Crippen LogP) is -1.33. The average molecular weight is 262 g/mol. The normalized spacial score (nSPS) is 14.9. The van der Waals surface area contributed by atoms with Gasteiger partial charge in [0.2, 0.25) is 5.91 Å². The Hall–Kier alpha value is -1.18. The first kappa shape index (κ1) is 16.8. The Morgan fingerprint density at radius 2 is 1.94 bits per heavy atom. The summed E-state index contributed by atoms with van der Waals surface area (Å²) in [4.78, 5) is 22.6. The molecule has 0 fully saturated rings. The van der Waals surface area contributed by atoms with E-state index >= 15 is 0 Å². The summed E-state index contributed by atoms with van der Waals surface area (Å²) in [5, 5.41) is 29.9. The third-order valence-corrected chi connectivity index (χ3v) is 2.71. The van der Waals surface area contributed by atoms with Crippen molar-refractivity contribution in [1.29, 1.82) is 0 Å². The van der Waals surface area contributed by atoms with Gasteiger partial charge in [-0.3, -0.25) is 4.79 Å². The van der Waals surface area contributed by atoms with Crippen LogP contribution in [0.25, 0.3) is 0 Å².